The minimum atomic E-state index is 0.558. The highest BCUT2D eigenvalue weighted by Gasteiger charge is 2.05. The molecule has 22 heavy (non-hydrogen) atoms. The van der Waals surface area contributed by atoms with Gasteiger partial charge >= 0.3 is 0 Å². The quantitative estimate of drug-likeness (QED) is 0.693. The van der Waals surface area contributed by atoms with Crippen molar-refractivity contribution in [3.63, 3.8) is 0 Å². The first-order valence-electron chi connectivity index (χ1n) is 6.63. The van der Waals surface area contributed by atoms with Crippen molar-refractivity contribution >= 4 is 5.69 Å². The maximum Gasteiger partial charge on any atom is 0.187 e. The zero-order valence-electron chi connectivity index (χ0n) is 11.6. The van der Waals surface area contributed by atoms with Crippen LogP contribution in [0.5, 0.6) is 0 Å². The Kier molecular flexibility index (Phi) is 3.63. The summed E-state index contributed by atoms with van der Waals surface area (Å²) in [4.78, 5) is 7.30. The molecule has 5 heteroatoms. The summed E-state index contributed by atoms with van der Waals surface area (Å²) in [6.07, 6.45) is 3.13. The molecule has 0 aliphatic carbocycles. The molecular formula is C17H11N5. The van der Waals surface area contributed by atoms with Crippen LogP contribution in [0.25, 0.3) is 16.0 Å². The molecule has 0 bridgehead atoms. The van der Waals surface area contributed by atoms with Crippen LogP contribution in [0, 0.1) is 17.9 Å². The summed E-state index contributed by atoms with van der Waals surface area (Å²) in [5.41, 5.74) is 4.11. The third-order valence-electron chi connectivity index (χ3n) is 3.26. The Morgan fingerprint density at radius 1 is 1.14 bits per heavy atom. The summed E-state index contributed by atoms with van der Waals surface area (Å²) in [6.45, 7) is 7.55. The summed E-state index contributed by atoms with van der Waals surface area (Å²) in [7, 11) is 0. The van der Waals surface area contributed by atoms with E-state index in [0.29, 0.717) is 17.8 Å². The standard InChI is InChI=1S/C17H11N5/c1-19-17-4-2-15(3-5-17)16-7-13(9-18)6-14(8-16)10-22-12-20-11-21-22/h2-8,11-12H,10H2. The minimum absolute atomic E-state index is 0.558. The molecule has 0 N–H and O–H groups in total. The molecule has 0 spiro atoms. The fraction of sp³-hybridized carbons (Fsp3) is 0.0588. The molecule has 0 unspecified atom stereocenters. The van der Waals surface area contributed by atoms with Gasteiger partial charge in [0, 0.05) is 0 Å². The van der Waals surface area contributed by atoms with Crippen LogP contribution in [0.1, 0.15) is 11.1 Å². The van der Waals surface area contributed by atoms with Crippen molar-refractivity contribution in [2.75, 3.05) is 0 Å². The SMILES string of the molecule is [C-]#[N+]c1ccc(-c2cc(C#N)cc(Cn3cncn3)c2)cc1. The van der Waals surface area contributed by atoms with Gasteiger partial charge in [0.25, 0.3) is 0 Å². The summed E-state index contributed by atoms with van der Waals surface area (Å²) >= 11 is 0. The normalized spacial score (nSPS) is 9.91. The zero-order chi connectivity index (χ0) is 15.4. The van der Waals surface area contributed by atoms with Crippen LogP contribution in [0.15, 0.2) is 55.1 Å². The molecule has 5 nitrogen and oxygen atoms in total. The number of hydrogen-bond donors (Lipinski definition) is 0. The van der Waals surface area contributed by atoms with Crippen molar-refractivity contribution in [3.8, 4) is 17.2 Å². The second-order valence-electron chi connectivity index (χ2n) is 4.78. The number of nitrogens with zero attached hydrogens (tertiary/aromatic N) is 5. The van der Waals surface area contributed by atoms with Crippen molar-refractivity contribution in [2.24, 2.45) is 0 Å². The van der Waals surface area contributed by atoms with Crippen molar-refractivity contribution in [3.05, 3.63) is 77.7 Å². The van der Waals surface area contributed by atoms with Gasteiger partial charge in [-0.25, -0.2) is 14.5 Å². The van der Waals surface area contributed by atoms with E-state index in [1.807, 2.05) is 30.3 Å². The Balaban J connectivity index is 2.00. The van der Waals surface area contributed by atoms with Gasteiger partial charge in [0.05, 0.1) is 24.7 Å². The highest BCUT2D eigenvalue weighted by atomic mass is 15.3. The monoisotopic (exact) mass is 285 g/mol. The Labute approximate surface area is 127 Å². The average molecular weight is 285 g/mol. The predicted octanol–water partition coefficient (Wildman–Crippen LogP) is 3.42. The summed E-state index contributed by atoms with van der Waals surface area (Å²) in [6, 6.07) is 15.2. The first-order valence-corrected chi connectivity index (χ1v) is 6.63. The molecule has 0 fully saturated rings. The molecule has 1 aromatic heterocycles. The molecule has 0 aliphatic heterocycles. The summed E-state index contributed by atoms with van der Waals surface area (Å²) < 4.78 is 1.71. The van der Waals surface area contributed by atoms with Crippen LogP contribution in [0.2, 0.25) is 0 Å². The third-order valence-corrected chi connectivity index (χ3v) is 3.26. The van der Waals surface area contributed by atoms with Crippen molar-refractivity contribution in [2.45, 2.75) is 6.54 Å². The molecule has 0 radical (unpaired) electrons. The maximum absolute atomic E-state index is 9.22. The lowest BCUT2D eigenvalue weighted by atomic mass is 10.00. The molecule has 3 aromatic rings. The van der Waals surface area contributed by atoms with Crippen LogP contribution in [0.4, 0.5) is 5.69 Å². The van der Waals surface area contributed by atoms with E-state index in [2.05, 4.69) is 21.0 Å². The highest BCUT2D eigenvalue weighted by molar-refractivity contribution is 5.68. The van der Waals surface area contributed by atoms with E-state index >= 15 is 0 Å². The van der Waals surface area contributed by atoms with E-state index < -0.39 is 0 Å². The maximum atomic E-state index is 9.22. The van der Waals surface area contributed by atoms with Gasteiger partial charge in [-0.05, 0) is 34.9 Å². The molecule has 0 saturated carbocycles. The lowest BCUT2D eigenvalue weighted by Gasteiger charge is -2.07. The Morgan fingerprint density at radius 2 is 1.95 bits per heavy atom. The predicted molar refractivity (Wildman–Crippen MR) is 82.0 cm³/mol. The van der Waals surface area contributed by atoms with Gasteiger partial charge in [-0.15, -0.1) is 0 Å². The first kappa shape index (κ1) is 13.5. The molecule has 0 aliphatic rings. The molecule has 0 atom stereocenters. The third kappa shape index (κ3) is 2.84. The molecular weight excluding hydrogens is 274 g/mol. The fourth-order valence-corrected chi connectivity index (χ4v) is 2.24. The van der Waals surface area contributed by atoms with Crippen molar-refractivity contribution < 1.29 is 0 Å². The van der Waals surface area contributed by atoms with Crippen LogP contribution >= 0.6 is 0 Å². The Bertz CT molecular complexity index is 865. The Morgan fingerprint density at radius 3 is 2.59 bits per heavy atom. The molecule has 104 valence electrons. The summed E-state index contributed by atoms with van der Waals surface area (Å²) in [5.74, 6) is 0. The molecule has 0 amide bonds. The number of nitriles is 1. The van der Waals surface area contributed by atoms with E-state index in [4.69, 9.17) is 6.57 Å². The van der Waals surface area contributed by atoms with Crippen LogP contribution in [0.3, 0.4) is 0 Å². The van der Waals surface area contributed by atoms with Crippen LogP contribution in [-0.4, -0.2) is 14.8 Å². The zero-order valence-corrected chi connectivity index (χ0v) is 11.6. The van der Waals surface area contributed by atoms with E-state index in [1.165, 1.54) is 6.33 Å². The second kappa shape index (κ2) is 5.90. The van der Waals surface area contributed by atoms with E-state index in [1.54, 1.807) is 23.1 Å². The largest absolute Gasteiger partial charge is 0.249 e. The molecule has 3 rings (SSSR count). The van der Waals surface area contributed by atoms with Crippen molar-refractivity contribution in [1.82, 2.24) is 14.8 Å². The van der Waals surface area contributed by atoms with Crippen LogP contribution in [-0.2, 0) is 6.54 Å². The van der Waals surface area contributed by atoms with Gasteiger partial charge in [0.2, 0.25) is 0 Å². The molecule has 2 aromatic carbocycles. The van der Waals surface area contributed by atoms with Crippen LogP contribution < -0.4 is 0 Å². The van der Waals surface area contributed by atoms with Gasteiger partial charge in [-0.3, -0.25) is 0 Å². The summed E-state index contributed by atoms with van der Waals surface area (Å²) in [5, 5.41) is 13.3. The van der Waals surface area contributed by atoms with E-state index in [-0.39, 0.29) is 0 Å². The average Bonchev–Trinajstić information content (AvgIpc) is 3.07. The van der Waals surface area contributed by atoms with Gasteiger partial charge < -0.3 is 0 Å². The topological polar surface area (TPSA) is 58.9 Å². The minimum Gasteiger partial charge on any atom is -0.249 e. The first-order chi connectivity index (χ1) is 10.8. The van der Waals surface area contributed by atoms with Gasteiger partial charge in [-0.1, -0.05) is 24.3 Å². The highest BCUT2D eigenvalue weighted by Crippen LogP contribution is 2.25. The second-order valence-corrected chi connectivity index (χ2v) is 4.78. The van der Waals surface area contributed by atoms with E-state index in [0.717, 1.165) is 16.7 Å². The number of benzene rings is 2. The molecule has 1 heterocycles. The number of aromatic nitrogens is 3. The van der Waals surface area contributed by atoms with Gasteiger partial charge in [-0.2, -0.15) is 10.4 Å². The van der Waals surface area contributed by atoms with Crippen molar-refractivity contribution in [1.29, 1.82) is 5.26 Å². The van der Waals surface area contributed by atoms with Gasteiger partial charge in [0.15, 0.2) is 5.69 Å². The smallest absolute Gasteiger partial charge is 0.187 e. The van der Waals surface area contributed by atoms with E-state index in [9.17, 15) is 5.26 Å². The molecule has 0 saturated heterocycles. The lowest BCUT2D eigenvalue weighted by molar-refractivity contribution is 0.685. The Hall–Kier alpha value is -3.44. The number of hydrogen-bond acceptors (Lipinski definition) is 3. The fourth-order valence-electron chi connectivity index (χ4n) is 2.24. The van der Waals surface area contributed by atoms with Gasteiger partial charge in [0.1, 0.15) is 12.7 Å². The number of rotatable bonds is 3. The lowest BCUT2D eigenvalue weighted by Crippen LogP contribution is -2.00.